The van der Waals surface area contributed by atoms with Crippen LogP contribution in [0, 0.1) is 0 Å². The summed E-state index contributed by atoms with van der Waals surface area (Å²) in [7, 11) is 1.55. The third-order valence-electron chi connectivity index (χ3n) is 5.21. The van der Waals surface area contributed by atoms with Crippen LogP contribution in [0.4, 0.5) is 0 Å². The van der Waals surface area contributed by atoms with Crippen molar-refractivity contribution in [2.45, 2.75) is 26.5 Å². The monoisotopic (exact) mass is 504 g/mol. The molecule has 2 heterocycles. The zero-order valence-corrected chi connectivity index (χ0v) is 20.6. The number of methoxy groups -OCH3 is 1. The van der Waals surface area contributed by atoms with E-state index in [1.165, 1.54) is 11.8 Å². The van der Waals surface area contributed by atoms with Gasteiger partial charge in [-0.1, -0.05) is 53.2 Å². The summed E-state index contributed by atoms with van der Waals surface area (Å²) in [5.74, 6) is 0.435. The van der Waals surface area contributed by atoms with Crippen molar-refractivity contribution in [1.82, 2.24) is 4.90 Å². The number of benzene rings is 2. The molecule has 0 fully saturated rings. The van der Waals surface area contributed by atoms with Crippen LogP contribution in [0.2, 0.25) is 10.0 Å². The molecule has 33 heavy (non-hydrogen) atoms. The smallest absolute Gasteiger partial charge is 0.338 e. The first-order chi connectivity index (χ1) is 15.9. The van der Waals surface area contributed by atoms with E-state index in [0.717, 1.165) is 16.3 Å². The van der Waals surface area contributed by atoms with Crippen LogP contribution in [0.3, 0.4) is 0 Å². The summed E-state index contributed by atoms with van der Waals surface area (Å²) in [6.45, 7) is 4.08. The van der Waals surface area contributed by atoms with Crippen LogP contribution in [0.1, 0.15) is 31.0 Å². The van der Waals surface area contributed by atoms with Crippen LogP contribution in [0.15, 0.2) is 64.3 Å². The Balaban J connectivity index is 1.72. The van der Waals surface area contributed by atoms with Gasteiger partial charge in [-0.25, -0.2) is 9.79 Å². The maximum absolute atomic E-state index is 12.9. The second-order valence-corrected chi connectivity index (χ2v) is 8.93. The molecule has 0 aliphatic carbocycles. The van der Waals surface area contributed by atoms with Crippen LogP contribution in [-0.2, 0) is 16.1 Å². The van der Waals surface area contributed by atoms with E-state index in [1.807, 2.05) is 47.7 Å². The zero-order valence-electron chi connectivity index (χ0n) is 18.3. The summed E-state index contributed by atoms with van der Waals surface area (Å²) in [5, 5.41) is 3.67. The predicted molar refractivity (Wildman–Crippen MR) is 132 cm³/mol. The maximum atomic E-state index is 12.9. The highest BCUT2D eigenvalue weighted by Crippen LogP contribution is 2.45. The minimum Gasteiger partial charge on any atom is -0.493 e. The van der Waals surface area contributed by atoms with E-state index in [0.29, 0.717) is 32.8 Å². The van der Waals surface area contributed by atoms with Crippen LogP contribution >= 0.6 is 35.0 Å². The summed E-state index contributed by atoms with van der Waals surface area (Å²) in [6.07, 6.45) is 1.89. The van der Waals surface area contributed by atoms with E-state index in [9.17, 15) is 4.79 Å². The molecule has 2 aliphatic heterocycles. The van der Waals surface area contributed by atoms with Crippen molar-refractivity contribution in [1.29, 1.82) is 0 Å². The summed E-state index contributed by atoms with van der Waals surface area (Å²) < 4.78 is 16.9. The molecule has 0 aromatic heterocycles. The van der Waals surface area contributed by atoms with Crippen molar-refractivity contribution in [3.8, 4) is 11.5 Å². The number of carbonyl (C=O) groups is 1. The van der Waals surface area contributed by atoms with E-state index in [4.69, 9.17) is 37.4 Å². The van der Waals surface area contributed by atoms with Gasteiger partial charge in [0, 0.05) is 16.8 Å². The third kappa shape index (κ3) is 4.71. The van der Waals surface area contributed by atoms with Gasteiger partial charge in [-0.15, -0.1) is 0 Å². The fraction of sp³-hybridized carbons (Fsp3) is 0.250. The molecule has 6 nitrogen and oxygen atoms in total. The first-order valence-corrected chi connectivity index (χ1v) is 11.9. The van der Waals surface area contributed by atoms with Gasteiger partial charge in [-0.3, -0.25) is 0 Å². The molecule has 0 radical (unpaired) electrons. The number of ether oxygens (including phenoxy) is 3. The Kier molecular flexibility index (Phi) is 7.22. The molecule has 0 saturated heterocycles. The van der Waals surface area contributed by atoms with Gasteiger partial charge in [-0.05, 0) is 43.0 Å². The summed E-state index contributed by atoms with van der Waals surface area (Å²) >= 11 is 14.4. The number of allylic oxidation sites excluding steroid dienone is 1. The topological polar surface area (TPSA) is 60.4 Å². The van der Waals surface area contributed by atoms with Crippen LogP contribution in [-0.4, -0.2) is 29.8 Å². The SMILES string of the molecule is CCOC(=O)C1=C(C)N=C2SC=CN2[C@H]1c1cc(Cl)c(OCc2ccccc2Cl)c(OC)c1. The molecule has 1 atom stereocenters. The molecule has 0 N–H and O–H groups in total. The molecule has 0 bridgehead atoms. The minimum absolute atomic E-state index is 0.230. The number of amidine groups is 1. The normalized spacial score (nSPS) is 17.1. The van der Waals surface area contributed by atoms with Gasteiger partial charge in [0.05, 0.1) is 36.1 Å². The molecule has 172 valence electrons. The van der Waals surface area contributed by atoms with Gasteiger partial charge in [-0.2, -0.15) is 0 Å². The number of hydrogen-bond acceptors (Lipinski definition) is 7. The Hall–Kier alpha value is -2.61. The second kappa shape index (κ2) is 10.1. The lowest BCUT2D eigenvalue weighted by Gasteiger charge is -2.33. The first-order valence-electron chi connectivity index (χ1n) is 10.3. The highest BCUT2D eigenvalue weighted by atomic mass is 35.5. The largest absolute Gasteiger partial charge is 0.493 e. The molecule has 2 aromatic carbocycles. The number of carbonyl (C=O) groups excluding carboxylic acids is 1. The Morgan fingerprint density at radius 2 is 2.00 bits per heavy atom. The van der Waals surface area contributed by atoms with Crippen molar-refractivity contribution in [2.75, 3.05) is 13.7 Å². The maximum Gasteiger partial charge on any atom is 0.338 e. The Labute approximate surface area is 206 Å². The number of hydrogen-bond donors (Lipinski definition) is 0. The van der Waals surface area contributed by atoms with Gasteiger partial charge in [0.25, 0.3) is 0 Å². The van der Waals surface area contributed by atoms with E-state index >= 15 is 0 Å². The minimum atomic E-state index is -0.466. The highest BCUT2D eigenvalue weighted by molar-refractivity contribution is 8.16. The molecule has 0 amide bonds. The number of nitrogens with zero attached hydrogens (tertiary/aromatic N) is 2. The molecule has 2 aliphatic rings. The van der Waals surface area contributed by atoms with E-state index in [1.54, 1.807) is 26.2 Å². The van der Waals surface area contributed by atoms with Crippen molar-refractivity contribution in [2.24, 2.45) is 4.99 Å². The van der Waals surface area contributed by atoms with Crippen molar-refractivity contribution in [3.63, 3.8) is 0 Å². The molecule has 0 saturated carbocycles. The number of halogens is 2. The molecule has 2 aromatic rings. The molecular weight excluding hydrogens is 483 g/mol. The number of rotatable bonds is 7. The van der Waals surface area contributed by atoms with E-state index in [-0.39, 0.29) is 13.2 Å². The third-order valence-corrected chi connectivity index (χ3v) is 6.63. The lowest BCUT2D eigenvalue weighted by atomic mass is 9.94. The average Bonchev–Trinajstić information content (AvgIpc) is 3.26. The molecule has 0 unspecified atom stereocenters. The van der Waals surface area contributed by atoms with Gasteiger partial charge in [0.2, 0.25) is 0 Å². The summed E-state index contributed by atoms with van der Waals surface area (Å²) in [5.41, 5.74) is 2.64. The van der Waals surface area contributed by atoms with Crippen molar-refractivity contribution < 1.29 is 19.0 Å². The van der Waals surface area contributed by atoms with E-state index in [2.05, 4.69) is 4.99 Å². The van der Waals surface area contributed by atoms with Crippen molar-refractivity contribution >= 4 is 46.1 Å². The van der Waals surface area contributed by atoms with Gasteiger partial charge in [0.1, 0.15) is 6.61 Å². The van der Waals surface area contributed by atoms with Gasteiger partial charge >= 0.3 is 5.97 Å². The fourth-order valence-corrected chi connectivity index (χ4v) is 4.96. The fourth-order valence-electron chi connectivity index (χ4n) is 3.70. The summed E-state index contributed by atoms with van der Waals surface area (Å²) in [4.78, 5) is 19.4. The lowest BCUT2D eigenvalue weighted by Crippen LogP contribution is -2.34. The average molecular weight is 505 g/mol. The Morgan fingerprint density at radius 3 is 2.73 bits per heavy atom. The lowest BCUT2D eigenvalue weighted by molar-refractivity contribution is -0.139. The number of fused-ring (bicyclic) bond motifs is 1. The predicted octanol–water partition coefficient (Wildman–Crippen LogP) is 6.35. The number of thioether (sulfide) groups is 1. The summed E-state index contributed by atoms with van der Waals surface area (Å²) in [6, 6.07) is 10.6. The Bertz CT molecular complexity index is 1180. The highest BCUT2D eigenvalue weighted by Gasteiger charge is 2.38. The Morgan fingerprint density at radius 1 is 1.21 bits per heavy atom. The first kappa shape index (κ1) is 23.5. The van der Waals surface area contributed by atoms with E-state index < -0.39 is 12.0 Å². The second-order valence-electron chi connectivity index (χ2n) is 7.24. The van der Waals surface area contributed by atoms with Gasteiger partial charge in [0.15, 0.2) is 16.7 Å². The quantitative estimate of drug-likeness (QED) is 0.409. The van der Waals surface area contributed by atoms with Crippen molar-refractivity contribution in [3.05, 3.63) is 80.4 Å². The van der Waals surface area contributed by atoms with Crippen LogP contribution in [0.25, 0.3) is 0 Å². The zero-order chi connectivity index (χ0) is 23.5. The van der Waals surface area contributed by atoms with Crippen LogP contribution < -0.4 is 9.47 Å². The molecular formula is C24H22Cl2N2O4S. The molecule has 4 rings (SSSR count). The molecule has 9 heteroatoms. The standard InChI is InChI=1S/C24H22Cl2N2O4S/c1-4-31-23(29)20-14(2)27-24-28(9-10-33-24)21(20)16-11-18(26)22(19(12-16)30-3)32-13-15-7-5-6-8-17(15)25/h5-12,21H,4,13H2,1-3H3/t21-/m0/s1. The van der Waals surface area contributed by atoms with Gasteiger partial charge < -0.3 is 19.1 Å². The molecule has 0 spiro atoms. The van der Waals surface area contributed by atoms with Crippen LogP contribution in [0.5, 0.6) is 11.5 Å². The number of aliphatic imine (C=N–C) groups is 1. The number of esters is 1.